The first-order chi connectivity index (χ1) is 18.5. The Morgan fingerprint density at radius 1 is 0.974 bits per heavy atom. The van der Waals surface area contributed by atoms with Gasteiger partial charge < -0.3 is 4.90 Å². The Labute approximate surface area is 223 Å². The van der Waals surface area contributed by atoms with Gasteiger partial charge in [-0.2, -0.15) is 4.85 Å². The molecule has 1 aliphatic carbocycles. The van der Waals surface area contributed by atoms with Gasteiger partial charge in [-0.05, 0) is 75.3 Å². The average molecular weight is 502 g/mol. The fraction of sp³-hybridized carbons (Fsp3) is 0.312. The second-order valence-corrected chi connectivity index (χ2v) is 10.8. The molecule has 1 fully saturated rings. The fourth-order valence-electron chi connectivity index (χ4n) is 6.06. The van der Waals surface area contributed by atoms with E-state index >= 15 is 0 Å². The van der Waals surface area contributed by atoms with Gasteiger partial charge >= 0.3 is 5.82 Å². The maximum atomic E-state index is 5.81. The SMILES string of the molecule is C#[N+]c1nccn2c(C3CCC(CN(C)C)CC3)nc(-c3ccc4c(C)cc(-c5ccccc5)nc4c3)c12. The fourth-order valence-corrected chi connectivity index (χ4v) is 6.06. The summed E-state index contributed by atoms with van der Waals surface area (Å²) in [6.07, 6.45) is 8.46. The molecule has 5 aromatic rings. The Balaban J connectivity index is 1.45. The minimum absolute atomic E-state index is 0.396. The highest BCUT2D eigenvalue weighted by molar-refractivity contribution is 5.93. The first-order valence-electron chi connectivity index (χ1n) is 13.4. The van der Waals surface area contributed by atoms with Crippen LogP contribution in [0, 0.1) is 19.4 Å². The van der Waals surface area contributed by atoms with Gasteiger partial charge in [0.1, 0.15) is 18.1 Å². The number of fused-ring (bicyclic) bond motifs is 2. The summed E-state index contributed by atoms with van der Waals surface area (Å²) in [5.41, 5.74) is 6.94. The molecule has 3 aromatic heterocycles. The summed E-state index contributed by atoms with van der Waals surface area (Å²) in [6.45, 7) is 9.10. The third-order valence-electron chi connectivity index (χ3n) is 7.88. The van der Waals surface area contributed by atoms with E-state index in [1.54, 1.807) is 6.20 Å². The molecule has 0 spiro atoms. The van der Waals surface area contributed by atoms with E-state index in [4.69, 9.17) is 16.5 Å². The minimum Gasteiger partial charge on any atom is -0.309 e. The molecule has 1 aliphatic rings. The van der Waals surface area contributed by atoms with Crippen molar-refractivity contribution in [1.82, 2.24) is 24.3 Å². The minimum atomic E-state index is 0.396. The molecule has 0 atom stereocenters. The normalized spacial score (nSPS) is 17.8. The van der Waals surface area contributed by atoms with Gasteiger partial charge in [0.2, 0.25) is 0 Å². The highest BCUT2D eigenvalue weighted by atomic mass is 15.1. The summed E-state index contributed by atoms with van der Waals surface area (Å²) < 4.78 is 2.16. The van der Waals surface area contributed by atoms with E-state index in [9.17, 15) is 0 Å². The molecular weight excluding hydrogens is 468 g/mol. The quantitative estimate of drug-likeness (QED) is 0.253. The number of benzene rings is 2. The van der Waals surface area contributed by atoms with Crippen LogP contribution < -0.4 is 0 Å². The second kappa shape index (κ2) is 10.00. The van der Waals surface area contributed by atoms with E-state index in [0.717, 1.165) is 70.1 Å². The van der Waals surface area contributed by atoms with Crippen molar-refractivity contribution in [3.63, 3.8) is 0 Å². The Kier molecular flexibility index (Phi) is 6.39. The zero-order valence-electron chi connectivity index (χ0n) is 22.3. The van der Waals surface area contributed by atoms with Crippen LogP contribution in [0.3, 0.4) is 0 Å². The molecule has 2 aromatic carbocycles. The third kappa shape index (κ3) is 4.44. The summed E-state index contributed by atoms with van der Waals surface area (Å²) in [5, 5.41) is 1.14. The van der Waals surface area contributed by atoms with Crippen LogP contribution in [-0.2, 0) is 0 Å². The maximum Gasteiger partial charge on any atom is 0.451 e. The van der Waals surface area contributed by atoms with E-state index in [1.807, 2.05) is 24.4 Å². The molecule has 3 heterocycles. The second-order valence-electron chi connectivity index (χ2n) is 10.8. The molecule has 0 N–H and O–H groups in total. The first kappa shape index (κ1) is 24.3. The summed E-state index contributed by atoms with van der Waals surface area (Å²) in [4.78, 5) is 21.1. The van der Waals surface area contributed by atoms with Crippen LogP contribution in [0.2, 0.25) is 0 Å². The summed E-state index contributed by atoms with van der Waals surface area (Å²) >= 11 is 0. The Morgan fingerprint density at radius 3 is 2.50 bits per heavy atom. The molecular formula is C32H33N6+. The smallest absolute Gasteiger partial charge is 0.309 e. The predicted molar refractivity (Wildman–Crippen MR) is 155 cm³/mol. The van der Waals surface area contributed by atoms with Gasteiger partial charge in [0.15, 0.2) is 11.7 Å². The van der Waals surface area contributed by atoms with Gasteiger partial charge in [-0.3, -0.25) is 4.40 Å². The number of nitrogens with zero attached hydrogens (tertiary/aromatic N) is 6. The third-order valence-corrected chi connectivity index (χ3v) is 7.88. The van der Waals surface area contributed by atoms with Crippen molar-refractivity contribution in [2.75, 3.05) is 20.6 Å². The Morgan fingerprint density at radius 2 is 1.76 bits per heavy atom. The van der Waals surface area contributed by atoms with Crippen LogP contribution in [0.5, 0.6) is 0 Å². The van der Waals surface area contributed by atoms with Crippen LogP contribution >= 0.6 is 0 Å². The highest BCUT2D eigenvalue weighted by Crippen LogP contribution is 2.40. The maximum absolute atomic E-state index is 5.81. The lowest BCUT2D eigenvalue weighted by atomic mass is 9.81. The monoisotopic (exact) mass is 501 g/mol. The Bertz CT molecular complexity index is 1650. The number of pyridine rings is 1. The van der Waals surface area contributed by atoms with E-state index in [1.165, 1.54) is 18.4 Å². The van der Waals surface area contributed by atoms with Crippen molar-refractivity contribution >= 4 is 22.2 Å². The molecule has 6 nitrogen and oxygen atoms in total. The van der Waals surface area contributed by atoms with Crippen LogP contribution in [-0.4, -0.2) is 44.9 Å². The van der Waals surface area contributed by atoms with Gasteiger partial charge in [0, 0.05) is 29.0 Å². The van der Waals surface area contributed by atoms with Crippen molar-refractivity contribution in [3.8, 4) is 29.1 Å². The van der Waals surface area contributed by atoms with Gasteiger partial charge in [0.05, 0.1) is 17.4 Å². The zero-order chi connectivity index (χ0) is 26.2. The molecule has 0 saturated heterocycles. The molecule has 1 saturated carbocycles. The lowest BCUT2D eigenvalue weighted by Gasteiger charge is -2.29. The summed E-state index contributed by atoms with van der Waals surface area (Å²) in [5.74, 6) is 2.72. The van der Waals surface area contributed by atoms with Crippen molar-refractivity contribution in [2.24, 2.45) is 5.92 Å². The van der Waals surface area contributed by atoms with E-state index < -0.39 is 0 Å². The zero-order valence-corrected chi connectivity index (χ0v) is 22.3. The van der Waals surface area contributed by atoms with Crippen LogP contribution in [0.15, 0.2) is 67.0 Å². The molecule has 6 rings (SSSR count). The predicted octanol–water partition coefficient (Wildman–Crippen LogP) is 7.35. The number of imidazole rings is 1. The molecule has 0 unspecified atom stereocenters. The van der Waals surface area contributed by atoms with E-state index in [2.05, 4.69) is 76.5 Å². The average Bonchev–Trinajstić information content (AvgIpc) is 3.33. The van der Waals surface area contributed by atoms with Crippen LogP contribution in [0.1, 0.15) is 43.0 Å². The number of aromatic nitrogens is 4. The molecule has 0 radical (unpaired) electrons. The van der Waals surface area contributed by atoms with Crippen molar-refractivity contribution in [1.29, 1.82) is 0 Å². The number of rotatable bonds is 5. The molecule has 0 bridgehead atoms. The topological polar surface area (TPSA) is 50.7 Å². The molecule has 6 heteroatoms. The van der Waals surface area contributed by atoms with Crippen LogP contribution in [0.25, 0.3) is 43.8 Å². The Hall–Kier alpha value is -4.08. The molecule has 0 aliphatic heterocycles. The lowest BCUT2D eigenvalue weighted by molar-refractivity contribution is 0.246. The summed E-state index contributed by atoms with van der Waals surface area (Å²) in [7, 11) is 4.32. The van der Waals surface area contributed by atoms with Gasteiger partial charge in [-0.25, -0.2) is 9.97 Å². The van der Waals surface area contributed by atoms with Gasteiger partial charge in [0.25, 0.3) is 0 Å². The summed E-state index contributed by atoms with van der Waals surface area (Å²) in [6, 6.07) is 18.9. The van der Waals surface area contributed by atoms with Crippen LogP contribution in [0.4, 0.5) is 5.82 Å². The standard InChI is InChI=1S/C32H33N6/c1-21-18-27(23-8-6-5-7-9-23)35-28-19-25(14-15-26(21)28)29-30-31(33-2)34-16-17-38(30)32(36-29)24-12-10-22(11-13-24)20-37(3)4/h2,5-9,14-19,22,24H,10-13,20H2,1,3-4H3/q+1. The van der Waals surface area contributed by atoms with Crippen molar-refractivity contribution in [3.05, 3.63) is 83.2 Å². The number of aryl methyl sites for hydroxylation is 1. The van der Waals surface area contributed by atoms with Crippen molar-refractivity contribution < 1.29 is 0 Å². The first-order valence-corrected chi connectivity index (χ1v) is 13.4. The number of hydrogen-bond donors (Lipinski definition) is 0. The highest BCUT2D eigenvalue weighted by Gasteiger charge is 2.30. The van der Waals surface area contributed by atoms with Gasteiger partial charge in [-0.15, -0.1) is 0 Å². The van der Waals surface area contributed by atoms with Crippen molar-refractivity contribution in [2.45, 2.75) is 38.5 Å². The van der Waals surface area contributed by atoms with Gasteiger partial charge in [-0.1, -0.05) is 42.5 Å². The molecule has 190 valence electrons. The molecule has 0 amide bonds. The van der Waals surface area contributed by atoms with E-state index in [-0.39, 0.29) is 0 Å². The number of hydrogen-bond acceptors (Lipinski definition) is 4. The lowest BCUT2D eigenvalue weighted by Crippen LogP contribution is -2.25. The molecule has 38 heavy (non-hydrogen) atoms. The van der Waals surface area contributed by atoms with E-state index in [0.29, 0.717) is 11.7 Å². The largest absolute Gasteiger partial charge is 0.451 e.